The smallest absolute Gasteiger partial charge is 0.316 e. The largest absolute Gasteiger partial charge is 0.481 e. The molecule has 120 valence electrons. The third kappa shape index (κ3) is 6.09. The summed E-state index contributed by atoms with van der Waals surface area (Å²) in [6, 6.07) is 8.68. The maximum atomic E-state index is 11.8. The number of benzene rings is 1. The molecule has 22 heavy (non-hydrogen) atoms. The zero-order valence-corrected chi connectivity index (χ0v) is 13.2. The van der Waals surface area contributed by atoms with Crippen LogP contribution in [0.25, 0.3) is 6.08 Å². The van der Waals surface area contributed by atoms with E-state index in [9.17, 15) is 18.0 Å². The zero-order valence-electron chi connectivity index (χ0n) is 12.4. The van der Waals surface area contributed by atoms with Gasteiger partial charge in [0, 0.05) is 0 Å². The van der Waals surface area contributed by atoms with Crippen LogP contribution >= 0.6 is 0 Å². The van der Waals surface area contributed by atoms with E-state index in [-0.39, 0.29) is 12.3 Å². The number of nitrogens with one attached hydrogen (secondary N) is 1. The maximum Gasteiger partial charge on any atom is 0.316 e. The van der Waals surface area contributed by atoms with Crippen molar-refractivity contribution in [1.29, 1.82) is 0 Å². The van der Waals surface area contributed by atoms with Crippen LogP contribution < -0.4 is 4.72 Å². The van der Waals surface area contributed by atoms with Gasteiger partial charge < -0.3 is 5.11 Å². The molecule has 7 heteroatoms. The van der Waals surface area contributed by atoms with Gasteiger partial charge in [0.15, 0.2) is 0 Å². The van der Waals surface area contributed by atoms with E-state index in [1.165, 1.54) is 6.08 Å². The number of carbonyl (C=O) groups excluding carboxylic acids is 1. The first-order chi connectivity index (χ1) is 10.2. The predicted molar refractivity (Wildman–Crippen MR) is 83.1 cm³/mol. The second-order valence-corrected chi connectivity index (χ2v) is 6.81. The summed E-state index contributed by atoms with van der Waals surface area (Å²) < 4.78 is 25.4. The van der Waals surface area contributed by atoms with Crippen LogP contribution in [-0.4, -0.2) is 25.4 Å². The molecule has 0 heterocycles. The Kier molecular flexibility index (Phi) is 6.30. The Bertz CT molecular complexity index is 650. The number of amides is 1. The SMILES string of the molecule is CC(C)CC(C(=O)O)C(=O)NS(=O)(=O)/C=C/c1ccccc1. The normalized spacial score (nSPS) is 13.2. The average molecular weight is 325 g/mol. The number of carbonyl (C=O) groups is 2. The molecule has 0 aliphatic carbocycles. The predicted octanol–water partition coefficient (Wildman–Crippen LogP) is 1.85. The van der Waals surface area contributed by atoms with Crippen molar-refractivity contribution in [2.45, 2.75) is 20.3 Å². The van der Waals surface area contributed by atoms with Gasteiger partial charge in [0.25, 0.3) is 10.0 Å². The van der Waals surface area contributed by atoms with Crippen LogP contribution in [0.3, 0.4) is 0 Å². The number of hydrogen-bond donors (Lipinski definition) is 2. The molecule has 0 bridgehead atoms. The molecule has 1 aromatic carbocycles. The number of aliphatic carboxylic acids is 1. The summed E-state index contributed by atoms with van der Waals surface area (Å²) in [5.74, 6) is -3.80. The number of hydrogen-bond acceptors (Lipinski definition) is 4. The highest BCUT2D eigenvalue weighted by atomic mass is 32.2. The molecular formula is C15H19NO5S. The highest BCUT2D eigenvalue weighted by Crippen LogP contribution is 2.13. The Hall–Kier alpha value is -2.15. The van der Waals surface area contributed by atoms with Gasteiger partial charge in [-0.1, -0.05) is 44.2 Å². The van der Waals surface area contributed by atoms with E-state index in [4.69, 9.17) is 5.11 Å². The van der Waals surface area contributed by atoms with Crippen LogP contribution in [0.4, 0.5) is 0 Å². The Morgan fingerprint density at radius 1 is 1.23 bits per heavy atom. The lowest BCUT2D eigenvalue weighted by molar-refractivity contribution is -0.147. The molecule has 0 saturated heterocycles. The topological polar surface area (TPSA) is 101 Å². The quantitative estimate of drug-likeness (QED) is 0.745. The van der Waals surface area contributed by atoms with E-state index in [0.717, 1.165) is 5.41 Å². The van der Waals surface area contributed by atoms with Gasteiger partial charge in [0.1, 0.15) is 5.92 Å². The molecule has 1 unspecified atom stereocenters. The van der Waals surface area contributed by atoms with Crippen molar-refractivity contribution in [3.63, 3.8) is 0 Å². The lowest BCUT2D eigenvalue weighted by atomic mass is 9.97. The fourth-order valence-electron chi connectivity index (χ4n) is 1.77. The zero-order chi connectivity index (χ0) is 16.8. The van der Waals surface area contributed by atoms with Crippen molar-refractivity contribution in [2.24, 2.45) is 11.8 Å². The third-order valence-corrected chi connectivity index (χ3v) is 3.78. The van der Waals surface area contributed by atoms with Gasteiger partial charge in [-0.15, -0.1) is 0 Å². The molecule has 1 atom stereocenters. The molecule has 1 rings (SSSR count). The van der Waals surface area contributed by atoms with Gasteiger partial charge in [-0.3, -0.25) is 9.59 Å². The molecule has 1 aromatic rings. The number of carboxylic acid groups (broad SMARTS) is 1. The van der Waals surface area contributed by atoms with Gasteiger partial charge in [0.05, 0.1) is 5.41 Å². The molecule has 6 nitrogen and oxygen atoms in total. The van der Waals surface area contributed by atoms with Gasteiger partial charge in [0.2, 0.25) is 5.91 Å². The average Bonchev–Trinajstić information content (AvgIpc) is 2.43. The summed E-state index contributed by atoms with van der Waals surface area (Å²) in [5.41, 5.74) is 0.650. The maximum absolute atomic E-state index is 11.8. The molecule has 2 N–H and O–H groups in total. The van der Waals surface area contributed by atoms with Gasteiger partial charge in [-0.2, -0.15) is 0 Å². The monoisotopic (exact) mass is 325 g/mol. The summed E-state index contributed by atoms with van der Waals surface area (Å²) in [4.78, 5) is 22.9. The summed E-state index contributed by atoms with van der Waals surface area (Å²) in [7, 11) is -4.04. The minimum atomic E-state index is -4.04. The minimum Gasteiger partial charge on any atom is -0.481 e. The van der Waals surface area contributed by atoms with Crippen molar-refractivity contribution in [3.8, 4) is 0 Å². The van der Waals surface area contributed by atoms with Crippen molar-refractivity contribution < 1.29 is 23.1 Å². The Morgan fingerprint density at radius 3 is 2.32 bits per heavy atom. The summed E-state index contributed by atoms with van der Waals surface area (Å²) in [6.07, 6.45) is 1.40. The lowest BCUT2D eigenvalue weighted by Gasteiger charge is -2.13. The van der Waals surface area contributed by atoms with Gasteiger partial charge in [-0.05, 0) is 24.0 Å². The molecule has 0 aliphatic rings. The summed E-state index contributed by atoms with van der Waals surface area (Å²) >= 11 is 0. The Morgan fingerprint density at radius 2 is 1.82 bits per heavy atom. The van der Waals surface area contributed by atoms with Gasteiger partial charge >= 0.3 is 5.97 Å². The molecular weight excluding hydrogens is 306 g/mol. The van der Waals surface area contributed by atoms with Crippen molar-refractivity contribution in [3.05, 3.63) is 41.3 Å². The second kappa shape index (κ2) is 7.74. The van der Waals surface area contributed by atoms with Crippen LogP contribution in [0, 0.1) is 11.8 Å². The Labute approximate surface area is 129 Å². The first kappa shape index (κ1) is 17.9. The highest BCUT2D eigenvalue weighted by Gasteiger charge is 2.29. The number of carboxylic acids is 1. The molecule has 0 saturated carbocycles. The van der Waals surface area contributed by atoms with Crippen LogP contribution in [0.2, 0.25) is 0 Å². The van der Waals surface area contributed by atoms with Crippen LogP contribution in [-0.2, 0) is 19.6 Å². The van der Waals surface area contributed by atoms with E-state index in [2.05, 4.69) is 0 Å². The van der Waals surface area contributed by atoms with Crippen LogP contribution in [0.5, 0.6) is 0 Å². The number of rotatable bonds is 7. The van der Waals surface area contributed by atoms with E-state index in [1.807, 2.05) is 0 Å². The molecule has 0 aromatic heterocycles. The van der Waals surface area contributed by atoms with Crippen molar-refractivity contribution in [2.75, 3.05) is 0 Å². The molecule has 0 fully saturated rings. The summed E-state index contributed by atoms with van der Waals surface area (Å²) in [6.45, 7) is 3.51. The number of sulfonamides is 1. The van der Waals surface area contributed by atoms with E-state index < -0.39 is 27.8 Å². The third-order valence-electron chi connectivity index (χ3n) is 2.80. The fourth-order valence-corrected chi connectivity index (χ4v) is 2.60. The standard InChI is InChI=1S/C15H19NO5S/c1-11(2)10-13(15(18)19)14(17)16-22(20,21)9-8-12-6-4-3-5-7-12/h3-9,11,13H,10H2,1-2H3,(H,16,17)(H,18,19)/b9-8+. The molecule has 1 amide bonds. The summed E-state index contributed by atoms with van der Waals surface area (Å²) in [5, 5.41) is 9.87. The molecule has 0 aliphatic heterocycles. The van der Waals surface area contributed by atoms with E-state index in [1.54, 1.807) is 48.9 Å². The highest BCUT2D eigenvalue weighted by molar-refractivity contribution is 7.93. The van der Waals surface area contributed by atoms with E-state index in [0.29, 0.717) is 5.56 Å². The second-order valence-electron chi connectivity index (χ2n) is 5.25. The van der Waals surface area contributed by atoms with Crippen LogP contribution in [0.1, 0.15) is 25.8 Å². The lowest BCUT2D eigenvalue weighted by Crippen LogP contribution is -2.38. The molecule has 0 radical (unpaired) electrons. The molecule has 0 spiro atoms. The van der Waals surface area contributed by atoms with Crippen molar-refractivity contribution >= 4 is 28.0 Å². The van der Waals surface area contributed by atoms with Crippen LogP contribution in [0.15, 0.2) is 35.7 Å². The Balaban J connectivity index is 2.80. The first-order valence-corrected chi connectivity index (χ1v) is 8.28. The first-order valence-electron chi connectivity index (χ1n) is 6.74. The van der Waals surface area contributed by atoms with E-state index >= 15 is 0 Å². The fraction of sp³-hybridized carbons (Fsp3) is 0.333. The van der Waals surface area contributed by atoms with Crippen molar-refractivity contribution in [1.82, 2.24) is 4.72 Å². The minimum absolute atomic E-state index is 0.0468. The van der Waals surface area contributed by atoms with Gasteiger partial charge in [-0.25, -0.2) is 13.1 Å².